The van der Waals surface area contributed by atoms with E-state index in [4.69, 9.17) is 23.2 Å². The Kier molecular flexibility index (Phi) is 4.03. The zero-order valence-corrected chi connectivity index (χ0v) is 13.9. The van der Waals surface area contributed by atoms with E-state index in [2.05, 4.69) is 21.2 Å². The van der Waals surface area contributed by atoms with Gasteiger partial charge in [-0.25, -0.2) is 0 Å². The highest BCUT2D eigenvalue weighted by Crippen LogP contribution is 2.53. The summed E-state index contributed by atoms with van der Waals surface area (Å²) in [5, 5.41) is 4.87. The van der Waals surface area contributed by atoms with Gasteiger partial charge in [-0.15, -0.1) is 0 Å². The number of halogens is 3. The van der Waals surface area contributed by atoms with Gasteiger partial charge in [-0.2, -0.15) is 0 Å². The molecule has 1 unspecified atom stereocenters. The van der Waals surface area contributed by atoms with E-state index in [1.165, 1.54) is 44.9 Å². The van der Waals surface area contributed by atoms with Gasteiger partial charge in [0.05, 0.1) is 15.7 Å². The van der Waals surface area contributed by atoms with Gasteiger partial charge in [0.2, 0.25) is 0 Å². The molecule has 1 spiro atoms. The van der Waals surface area contributed by atoms with Crippen molar-refractivity contribution in [3.05, 3.63) is 26.7 Å². The molecule has 0 aliphatic heterocycles. The molecule has 2 aliphatic rings. The largest absolute Gasteiger partial charge is 0.381 e. The minimum atomic E-state index is 0.529. The Morgan fingerprint density at radius 3 is 2.42 bits per heavy atom. The first-order chi connectivity index (χ1) is 9.12. The van der Waals surface area contributed by atoms with Gasteiger partial charge < -0.3 is 5.32 Å². The quantitative estimate of drug-likeness (QED) is 0.610. The van der Waals surface area contributed by atoms with Crippen molar-refractivity contribution in [3.8, 4) is 0 Å². The summed E-state index contributed by atoms with van der Waals surface area (Å²) in [4.78, 5) is 0. The molecule has 2 saturated carbocycles. The monoisotopic (exact) mass is 361 g/mol. The lowest BCUT2D eigenvalue weighted by atomic mass is 9.57. The molecule has 19 heavy (non-hydrogen) atoms. The maximum absolute atomic E-state index is 6.33. The molecule has 1 aromatic carbocycles. The zero-order chi connectivity index (χ0) is 13.5. The van der Waals surface area contributed by atoms with Gasteiger partial charge in [0, 0.05) is 10.5 Å². The van der Waals surface area contributed by atoms with Crippen LogP contribution in [0.3, 0.4) is 0 Å². The summed E-state index contributed by atoms with van der Waals surface area (Å²) in [6.07, 6.45) is 9.52. The van der Waals surface area contributed by atoms with E-state index >= 15 is 0 Å². The van der Waals surface area contributed by atoms with Crippen LogP contribution in [0.2, 0.25) is 10.0 Å². The first-order valence-electron chi connectivity index (χ1n) is 7.02. The van der Waals surface area contributed by atoms with Crippen LogP contribution in [0.1, 0.15) is 44.9 Å². The van der Waals surface area contributed by atoms with Crippen LogP contribution < -0.4 is 5.32 Å². The minimum Gasteiger partial charge on any atom is -0.381 e. The van der Waals surface area contributed by atoms with Gasteiger partial charge in [-0.05, 0) is 59.2 Å². The van der Waals surface area contributed by atoms with Gasteiger partial charge in [-0.1, -0.05) is 42.5 Å². The molecule has 1 atom stereocenters. The van der Waals surface area contributed by atoms with Crippen LogP contribution in [0.4, 0.5) is 5.69 Å². The summed E-state index contributed by atoms with van der Waals surface area (Å²) in [6, 6.07) is 4.55. The van der Waals surface area contributed by atoms with Crippen LogP contribution in [-0.2, 0) is 0 Å². The van der Waals surface area contributed by atoms with Gasteiger partial charge in [0.15, 0.2) is 0 Å². The number of hydrogen-bond acceptors (Lipinski definition) is 1. The van der Waals surface area contributed by atoms with E-state index in [0.29, 0.717) is 21.5 Å². The molecule has 0 bridgehead atoms. The molecule has 0 amide bonds. The molecular weight excluding hydrogens is 345 g/mol. The molecule has 2 aliphatic carbocycles. The summed E-state index contributed by atoms with van der Waals surface area (Å²) in [6.45, 7) is 0. The summed E-state index contributed by atoms with van der Waals surface area (Å²) in [5.74, 6) is 0. The Hall–Kier alpha value is 0.0800. The van der Waals surface area contributed by atoms with Crippen LogP contribution in [0.5, 0.6) is 0 Å². The summed E-state index contributed by atoms with van der Waals surface area (Å²) in [7, 11) is 0. The maximum atomic E-state index is 6.33. The molecule has 1 aromatic rings. The van der Waals surface area contributed by atoms with E-state index in [1.54, 1.807) is 0 Å². The van der Waals surface area contributed by atoms with Crippen LogP contribution in [0, 0.1) is 5.41 Å². The van der Waals surface area contributed by atoms with Crippen molar-refractivity contribution in [3.63, 3.8) is 0 Å². The Morgan fingerprint density at radius 2 is 1.79 bits per heavy atom. The van der Waals surface area contributed by atoms with Gasteiger partial charge >= 0.3 is 0 Å². The second kappa shape index (κ2) is 5.46. The predicted octanol–water partition coefficient (Wildman–Crippen LogP) is 6.28. The lowest BCUT2D eigenvalue weighted by Crippen LogP contribution is -2.50. The van der Waals surface area contributed by atoms with Crippen molar-refractivity contribution in [2.45, 2.75) is 51.0 Å². The zero-order valence-electron chi connectivity index (χ0n) is 10.8. The number of hydrogen-bond donors (Lipinski definition) is 1. The average molecular weight is 363 g/mol. The van der Waals surface area contributed by atoms with E-state index in [1.807, 2.05) is 12.1 Å². The fraction of sp³-hybridized carbons (Fsp3) is 0.600. The van der Waals surface area contributed by atoms with E-state index in [-0.39, 0.29) is 0 Å². The lowest BCUT2D eigenvalue weighted by molar-refractivity contribution is 0.0571. The second-order valence-corrected chi connectivity index (χ2v) is 7.49. The van der Waals surface area contributed by atoms with Crippen molar-refractivity contribution in [1.82, 2.24) is 0 Å². The van der Waals surface area contributed by atoms with Crippen molar-refractivity contribution in [1.29, 1.82) is 0 Å². The Labute approximate surface area is 133 Å². The first-order valence-corrected chi connectivity index (χ1v) is 8.57. The third kappa shape index (κ3) is 2.52. The minimum absolute atomic E-state index is 0.529. The number of benzene rings is 1. The molecule has 0 heterocycles. The molecule has 104 valence electrons. The Morgan fingerprint density at radius 1 is 1.05 bits per heavy atom. The van der Waals surface area contributed by atoms with Crippen molar-refractivity contribution in [2.75, 3.05) is 5.32 Å². The molecule has 2 fully saturated rings. The SMILES string of the molecule is Clc1c(Br)ccc(NC2CCC23CCCCC3)c1Cl. The Bertz CT molecular complexity index is 483. The van der Waals surface area contributed by atoms with E-state index in [0.717, 1.165) is 10.2 Å². The number of anilines is 1. The smallest absolute Gasteiger partial charge is 0.0835 e. The molecule has 1 N–H and O–H groups in total. The standard InChI is InChI=1S/C15H18BrCl2N/c16-10-4-5-11(14(18)13(10)17)19-12-6-9-15(12)7-2-1-3-8-15/h4-5,12,19H,1-3,6-9H2. The average Bonchev–Trinajstić information content (AvgIpc) is 2.44. The highest BCUT2D eigenvalue weighted by Gasteiger charge is 2.46. The third-order valence-electron chi connectivity index (χ3n) is 4.88. The van der Waals surface area contributed by atoms with Crippen LogP contribution >= 0.6 is 39.1 Å². The summed E-state index contributed by atoms with van der Waals surface area (Å²) < 4.78 is 0.853. The molecule has 1 nitrogen and oxygen atoms in total. The molecule has 0 saturated heterocycles. The molecule has 3 rings (SSSR count). The molecular formula is C15H18BrCl2N. The highest BCUT2D eigenvalue weighted by molar-refractivity contribution is 9.10. The number of nitrogens with one attached hydrogen (secondary N) is 1. The highest BCUT2D eigenvalue weighted by atomic mass is 79.9. The van der Waals surface area contributed by atoms with Gasteiger partial charge in [-0.3, -0.25) is 0 Å². The normalized spacial score (nSPS) is 25.1. The second-order valence-electron chi connectivity index (χ2n) is 5.88. The van der Waals surface area contributed by atoms with Crippen molar-refractivity contribution < 1.29 is 0 Å². The topological polar surface area (TPSA) is 12.0 Å². The number of rotatable bonds is 2. The lowest BCUT2D eigenvalue weighted by Gasteiger charge is -2.52. The molecule has 4 heteroatoms. The van der Waals surface area contributed by atoms with Crippen LogP contribution in [0.15, 0.2) is 16.6 Å². The first kappa shape index (κ1) is 14.0. The summed E-state index contributed by atoms with van der Waals surface area (Å²) in [5.41, 5.74) is 1.51. The maximum Gasteiger partial charge on any atom is 0.0835 e. The van der Waals surface area contributed by atoms with Crippen molar-refractivity contribution in [2.24, 2.45) is 5.41 Å². The van der Waals surface area contributed by atoms with E-state index in [9.17, 15) is 0 Å². The van der Waals surface area contributed by atoms with Crippen molar-refractivity contribution >= 4 is 44.8 Å². The molecule has 0 aromatic heterocycles. The third-order valence-corrected chi connectivity index (χ3v) is 6.66. The van der Waals surface area contributed by atoms with Gasteiger partial charge in [0.1, 0.15) is 0 Å². The van der Waals surface area contributed by atoms with Gasteiger partial charge in [0.25, 0.3) is 0 Å². The van der Waals surface area contributed by atoms with Crippen LogP contribution in [-0.4, -0.2) is 6.04 Å². The Balaban J connectivity index is 1.77. The fourth-order valence-corrected chi connectivity index (χ4v) is 4.43. The van der Waals surface area contributed by atoms with E-state index < -0.39 is 0 Å². The summed E-state index contributed by atoms with van der Waals surface area (Å²) >= 11 is 15.9. The predicted molar refractivity (Wildman–Crippen MR) is 86.3 cm³/mol. The molecule has 0 radical (unpaired) electrons. The fourth-order valence-electron chi connectivity index (χ4n) is 3.60. The van der Waals surface area contributed by atoms with Crippen LogP contribution in [0.25, 0.3) is 0 Å².